The number of halogens is 2. The van der Waals surface area contributed by atoms with E-state index >= 15 is 0 Å². The summed E-state index contributed by atoms with van der Waals surface area (Å²) in [4.78, 5) is 21.9. The van der Waals surface area contributed by atoms with E-state index in [1.807, 2.05) is 18.2 Å². The predicted molar refractivity (Wildman–Crippen MR) is 123 cm³/mol. The summed E-state index contributed by atoms with van der Waals surface area (Å²) >= 11 is 0. The second-order valence-corrected chi connectivity index (χ2v) is 9.27. The molecule has 1 atom stereocenters. The zero-order chi connectivity index (χ0) is 23.6. The molecule has 4 rings (SSSR count). The summed E-state index contributed by atoms with van der Waals surface area (Å²) in [7, 11) is 0. The van der Waals surface area contributed by atoms with Crippen LogP contribution < -0.4 is 0 Å². The van der Waals surface area contributed by atoms with E-state index < -0.39 is 29.1 Å². The van der Waals surface area contributed by atoms with Crippen molar-refractivity contribution in [3.63, 3.8) is 0 Å². The number of esters is 1. The Morgan fingerprint density at radius 3 is 2.61 bits per heavy atom. The van der Waals surface area contributed by atoms with Crippen molar-refractivity contribution in [2.45, 2.75) is 51.6 Å². The molecule has 3 aromatic rings. The van der Waals surface area contributed by atoms with Crippen molar-refractivity contribution in [2.24, 2.45) is 0 Å². The van der Waals surface area contributed by atoms with Crippen molar-refractivity contribution < 1.29 is 18.3 Å². The first-order valence-electron chi connectivity index (χ1n) is 11.0. The Kier molecular flexibility index (Phi) is 6.36. The average Bonchev–Trinajstić information content (AvgIpc) is 3.19. The van der Waals surface area contributed by atoms with E-state index in [0.29, 0.717) is 11.3 Å². The van der Waals surface area contributed by atoms with Crippen molar-refractivity contribution in [1.29, 1.82) is 0 Å². The van der Waals surface area contributed by atoms with Crippen LogP contribution in [0.3, 0.4) is 0 Å². The van der Waals surface area contributed by atoms with Crippen molar-refractivity contribution >= 4 is 12.0 Å². The highest BCUT2D eigenvalue weighted by Gasteiger charge is 2.26. The highest BCUT2D eigenvalue weighted by atomic mass is 19.1. The van der Waals surface area contributed by atoms with Gasteiger partial charge >= 0.3 is 5.97 Å². The van der Waals surface area contributed by atoms with Crippen LogP contribution in [0.4, 0.5) is 8.78 Å². The number of allylic oxidation sites excluding steroid dienone is 1. The van der Waals surface area contributed by atoms with E-state index in [9.17, 15) is 13.6 Å². The second-order valence-electron chi connectivity index (χ2n) is 9.27. The van der Waals surface area contributed by atoms with Gasteiger partial charge in [-0.05, 0) is 62.6 Å². The van der Waals surface area contributed by atoms with Crippen molar-refractivity contribution in [1.82, 2.24) is 9.97 Å². The third-order valence-electron chi connectivity index (χ3n) is 5.39. The summed E-state index contributed by atoms with van der Waals surface area (Å²) in [6.07, 6.45) is 8.63. The number of carbonyl (C=O) groups is 1. The number of rotatable bonds is 6. The predicted octanol–water partition coefficient (Wildman–Crippen LogP) is 6.05. The molecule has 0 unspecified atom stereocenters. The SMILES string of the molecule is CC(C)(C)OC(=O)C[C@@H](Cc1cc(F)cc(F)c1)c1ncccc1-c1cnc2c(c1)C=CC2. The summed E-state index contributed by atoms with van der Waals surface area (Å²) < 4.78 is 33.3. The average molecular weight is 449 g/mol. The third kappa shape index (κ3) is 5.69. The number of benzene rings is 1. The Morgan fingerprint density at radius 2 is 1.88 bits per heavy atom. The van der Waals surface area contributed by atoms with Gasteiger partial charge in [-0.1, -0.05) is 18.2 Å². The lowest BCUT2D eigenvalue weighted by molar-refractivity contribution is -0.155. The molecule has 0 amide bonds. The van der Waals surface area contributed by atoms with Crippen LogP contribution in [0.25, 0.3) is 17.2 Å². The van der Waals surface area contributed by atoms with Gasteiger partial charge in [-0.15, -0.1) is 0 Å². The minimum Gasteiger partial charge on any atom is -0.460 e. The van der Waals surface area contributed by atoms with E-state index in [1.165, 1.54) is 12.1 Å². The molecule has 0 bridgehead atoms. The molecule has 2 aromatic heterocycles. The summed E-state index contributed by atoms with van der Waals surface area (Å²) in [6.45, 7) is 5.41. The molecule has 0 radical (unpaired) electrons. The lowest BCUT2D eigenvalue weighted by Crippen LogP contribution is -2.25. The van der Waals surface area contributed by atoms with Gasteiger partial charge in [0.2, 0.25) is 0 Å². The molecule has 1 aliphatic carbocycles. The molecular formula is C27H26F2N2O2. The largest absolute Gasteiger partial charge is 0.460 e. The van der Waals surface area contributed by atoms with Gasteiger partial charge in [0, 0.05) is 41.9 Å². The molecule has 170 valence electrons. The first-order valence-corrected chi connectivity index (χ1v) is 11.0. The molecule has 2 heterocycles. The van der Waals surface area contributed by atoms with Crippen LogP contribution in [0, 0.1) is 11.6 Å². The maximum absolute atomic E-state index is 13.9. The molecule has 0 aliphatic heterocycles. The van der Waals surface area contributed by atoms with Gasteiger partial charge in [-0.2, -0.15) is 0 Å². The van der Waals surface area contributed by atoms with E-state index in [0.717, 1.165) is 34.9 Å². The number of hydrogen-bond donors (Lipinski definition) is 0. The molecule has 6 heteroatoms. The highest BCUT2D eigenvalue weighted by Crippen LogP contribution is 2.34. The minimum atomic E-state index is -0.656. The quantitative estimate of drug-likeness (QED) is 0.431. The van der Waals surface area contributed by atoms with Crippen LogP contribution in [0.15, 0.2) is 54.9 Å². The lowest BCUT2D eigenvalue weighted by Gasteiger charge is -2.23. The molecule has 0 fully saturated rings. The molecule has 0 spiro atoms. The second kappa shape index (κ2) is 9.22. The molecule has 0 saturated heterocycles. The van der Waals surface area contributed by atoms with Crippen molar-refractivity contribution in [2.75, 3.05) is 0 Å². The number of nitrogens with zero attached hydrogens (tertiary/aromatic N) is 2. The van der Waals surface area contributed by atoms with Crippen LogP contribution in [0.2, 0.25) is 0 Å². The molecule has 1 aromatic carbocycles. The fourth-order valence-electron chi connectivity index (χ4n) is 4.12. The molecular weight excluding hydrogens is 422 g/mol. The number of pyridine rings is 2. The lowest BCUT2D eigenvalue weighted by atomic mass is 9.88. The first-order chi connectivity index (χ1) is 15.7. The van der Waals surface area contributed by atoms with Gasteiger partial charge in [0.05, 0.1) is 17.8 Å². The van der Waals surface area contributed by atoms with Gasteiger partial charge < -0.3 is 4.74 Å². The number of fused-ring (bicyclic) bond motifs is 1. The van der Waals surface area contributed by atoms with E-state index in [1.54, 1.807) is 33.2 Å². The molecule has 4 nitrogen and oxygen atoms in total. The van der Waals surface area contributed by atoms with Gasteiger partial charge in [0.15, 0.2) is 0 Å². The zero-order valence-electron chi connectivity index (χ0n) is 18.9. The Morgan fingerprint density at radius 1 is 1.12 bits per heavy atom. The van der Waals surface area contributed by atoms with Crippen LogP contribution in [-0.2, 0) is 22.4 Å². The number of ether oxygens (including phenoxy) is 1. The third-order valence-corrected chi connectivity index (χ3v) is 5.39. The van der Waals surface area contributed by atoms with Crippen LogP contribution in [0.1, 0.15) is 55.6 Å². The summed E-state index contributed by atoms with van der Waals surface area (Å²) in [6, 6.07) is 9.22. The highest BCUT2D eigenvalue weighted by molar-refractivity contribution is 5.74. The number of carbonyl (C=O) groups excluding carboxylic acids is 1. The Balaban J connectivity index is 1.73. The number of aromatic nitrogens is 2. The van der Waals surface area contributed by atoms with Gasteiger partial charge in [-0.3, -0.25) is 14.8 Å². The normalized spacial score (nSPS) is 13.6. The van der Waals surface area contributed by atoms with E-state index in [-0.39, 0.29) is 12.8 Å². The summed E-state index contributed by atoms with van der Waals surface area (Å²) in [5.74, 6) is -2.15. The maximum Gasteiger partial charge on any atom is 0.306 e. The topological polar surface area (TPSA) is 52.1 Å². The fourth-order valence-corrected chi connectivity index (χ4v) is 4.12. The van der Waals surface area contributed by atoms with Crippen LogP contribution in [0.5, 0.6) is 0 Å². The summed E-state index contributed by atoms with van der Waals surface area (Å²) in [5, 5.41) is 0. The Labute approximate surface area is 192 Å². The Bertz CT molecular complexity index is 1190. The standard InChI is InChI=1S/C27H26F2N2O2/c1-27(2,3)33-25(32)14-19(10-17-11-21(28)15-22(29)12-17)26-23(7-5-9-30-26)20-13-18-6-4-8-24(18)31-16-20/h4-7,9,11-13,15-16,19H,8,10,14H2,1-3H3/t19-/m1/s1. The van der Waals surface area contributed by atoms with E-state index in [4.69, 9.17) is 4.74 Å². The monoisotopic (exact) mass is 448 g/mol. The van der Waals surface area contributed by atoms with Gasteiger partial charge in [-0.25, -0.2) is 8.78 Å². The van der Waals surface area contributed by atoms with Gasteiger partial charge in [0.25, 0.3) is 0 Å². The number of hydrogen-bond acceptors (Lipinski definition) is 4. The van der Waals surface area contributed by atoms with E-state index in [2.05, 4.69) is 22.1 Å². The molecule has 0 saturated carbocycles. The smallest absolute Gasteiger partial charge is 0.306 e. The van der Waals surface area contributed by atoms with Gasteiger partial charge in [0.1, 0.15) is 17.2 Å². The fraction of sp³-hybridized carbons (Fsp3) is 0.296. The molecule has 0 N–H and O–H groups in total. The Hall–Kier alpha value is -3.41. The van der Waals surface area contributed by atoms with Crippen molar-refractivity contribution in [3.05, 3.63) is 89.0 Å². The van der Waals surface area contributed by atoms with Crippen LogP contribution in [-0.4, -0.2) is 21.5 Å². The van der Waals surface area contributed by atoms with Crippen LogP contribution >= 0.6 is 0 Å². The molecule has 33 heavy (non-hydrogen) atoms. The molecule has 1 aliphatic rings. The van der Waals surface area contributed by atoms with Crippen molar-refractivity contribution in [3.8, 4) is 11.1 Å². The maximum atomic E-state index is 13.9. The minimum absolute atomic E-state index is 0.0255. The first kappa shape index (κ1) is 22.8. The zero-order valence-corrected chi connectivity index (χ0v) is 18.9. The summed E-state index contributed by atoms with van der Waals surface area (Å²) in [5.41, 5.74) is 4.25.